The zero-order valence-electron chi connectivity index (χ0n) is 18.5. The fraction of sp³-hybridized carbons (Fsp3) is 0.214. The van der Waals surface area contributed by atoms with Gasteiger partial charge >= 0.3 is 186 Å². The van der Waals surface area contributed by atoms with Crippen molar-refractivity contribution in [1.82, 2.24) is 0 Å². The molecular formula is C28H30ClP. The molecule has 0 amide bonds. The fourth-order valence-corrected chi connectivity index (χ4v) is 12.8. The van der Waals surface area contributed by atoms with E-state index in [0.29, 0.717) is 0 Å². The van der Waals surface area contributed by atoms with Crippen LogP contribution in [0.5, 0.6) is 0 Å². The number of rotatable bonds is 4. The van der Waals surface area contributed by atoms with Gasteiger partial charge in [-0.15, -0.1) is 0 Å². The Hall–Kier alpha value is -2.14. The second-order valence-electron chi connectivity index (χ2n) is 8.48. The Morgan fingerprint density at radius 3 is 1.33 bits per heavy atom. The number of halogens is 1. The molecule has 0 saturated heterocycles. The molecule has 0 N–H and O–H groups in total. The van der Waals surface area contributed by atoms with Gasteiger partial charge in [0.05, 0.1) is 0 Å². The second kappa shape index (κ2) is 7.52. The normalized spacial score (nSPS) is 15.3. The number of hydrogen-bond donors (Lipinski definition) is 0. The van der Waals surface area contributed by atoms with Gasteiger partial charge < -0.3 is 0 Å². The second-order valence-corrected chi connectivity index (χ2v) is 14.8. The molecule has 154 valence electrons. The molecule has 2 heteroatoms. The molecule has 0 saturated carbocycles. The molecule has 1 aliphatic carbocycles. The molecule has 0 spiro atoms. The van der Waals surface area contributed by atoms with Gasteiger partial charge in [0.1, 0.15) is 0 Å². The van der Waals surface area contributed by atoms with Crippen molar-refractivity contribution >= 4 is 33.1 Å². The molecule has 0 unspecified atom stereocenters. The van der Waals surface area contributed by atoms with Crippen LogP contribution in [0.15, 0.2) is 85.0 Å². The summed E-state index contributed by atoms with van der Waals surface area (Å²) in [5, 5.41) is 3.79. The number of hydrogen-bond acceptors (Lipinski definition) is 0. The zero-order chi connectivity index (χ0) is 21.5. The van der Waals surface area contributed by atoms with E-state index in [1.807, 2.05) is 0 Å². The Morgan fingerprint density at radius 2 is 0.933 bits per heavy atom. The zero-order valence-corrected chi connectivity index (χ0v) is 20.1. The van der Waals surface area contributed by atoms with Gasteiger partial charge in [0.25, 0.3) is 0 Å². The summed E-state index contributed by atoms with van der Waals surface area (Å²) >= 11 is 8.42. The van der Waals surface area contributed by atoms with Crippen molar-refractivity contribution in [2.45, 2.75) is 40.3 Å². The van der Waals surface area contributed by atoms with Crippen LogP contribution in [0, 0.1) is 34.6 Å². The monoisotopic (exact) mass is 432 g/mol. The molecule has 0 fully saturated rings. The summed E-state index contributed by atoms with van der Waals surface area (Å²) in [5.41, 5.74) is 6.82. The number of benzene rings is 3. The van der Waals surface area contributed by atoms with Gasteiger partial charge in [0, 0.05) is 0 Å². The van der Waals surface area contributed by atoms with E-state index in [1.165, 1.54) is 43.7 Å². The Morgan fingerprint density at radius 1 is 0.567 bits per heavy atom. The summed E-state index contributed by atoms with van der Waals surface area (Å²) in [5.74, 6) is -3.39. The first-order valence-corrected chi connectivity index (χ1v) is 13.8. The van der Waals surface area contributed by atoms with Gasteiger partial charge in [-0.05, 0) is 0 Å². The van der Waals surface area contributed by atoms with E-state index >= 15 is 0 Å². The Balaban J connectivity index is 2.31. The van der Waals surface area contributed by atoms with Crippen molar-refractivity contribution in [1.29, 1.82) is 0 Å². The van der Waals surface area contributed by atoms with Crippen molar-refractivity contribution in [3.8, 4) is 0 Å². The van der Waals surface area contributed by atoms with Gasteiger partial charge in [0.15, 0.2) is 0 Å². The molecule has 1 aliphatic rings. The van der Waals surface area contributed by atoms with E-state index in [4.69, 9.17) is 11.2 Å². The molecule has 0 atom stereocenters. The molecule has 0 nitrogen and oxygen atoms in total. The van der Waals surface area contributed by atoms with E-state index in [0.717, 1.165) is 0 Å². The SMILES string of the molecule is Cc1c(C)c(C)c(P(Cl)(c2ccccc2)(c2ccccc2)C2C=CC=C2)c(C)c1C. The van der Waals surface area contributed by atoms with Gasteiger partial charge in [-0.25, -0.2) is 0 Å². The molecule has 0 radical (unpaired) electrons. The van der Waals surface area contributed by atoms with Crippen LogP contribution in [-0.4, -0.2) is 5.66 Å². The molecule has 4 rings (SSSR count). The molecule has 0 aliphatic heterocycles. The number of allylic oxidation sites excluding steroid dienone is 4. The third kappa shape index (κ3) is 2.71. The summed E-state index contributed by atoms with van der Waals surface area (Å²) < 4.78 is 0. The van der Waals surface area contributed by atoms with Gasteiger partial charge in [-0.1, -0.05) is 0 Å². The van der Waals surface area contributed by atoms with E-state index in [-0.39, 0.29) is 5.66 Å². The molecule has 0 bridgehead atoms. The summed E-state index contributed by atoms with van der Waals surface area (Å²) in [4.78, 5) is 0. The topological polar surface area (TPSA) is 0 Å². The van der Waals surface area contributed by atoms with Crippen LogP contribution >= 0.6 is 17.2 Å². The van der Waals surface area contributed by atoms with Crippen molar-refractivity contribution in [2.75, 3.05) is 0 Å². The van der Waals surface area contributed by atoms with Crippen molar-refractivity contribution < 1.29 is 0 Å². The van der Waals surface area contributed by atoms with Crippen molar-refractivity contribution in [3.05, 3.63) is 113 Å². The third-order valence-corrected chi connectivity index (χ3v) is 15.2. The van der Waals surface area contributed by atoms with Gasteiger partial charge in [0.2, 0.25) is 0 Å². The maximum absolute atomic E-state index is 8.42. The van der Waals surface area contributed by atoms with Crippen LogP contribution in [0.2, 0.25) is 0 Å². The minimum absolute atomic E-state index is 0.112. The van der Waals surface area contributed by atoms with Crippen LogP contribution in [-0.2, 0) is 0 Å². The minimum atomic E-state index is -3.39. The van der Waals surface area contributed by atoms with Gasteiger partial charge in [-0.3, -0.25) is 0 Å². The molecule has 0 aromatic heterocycles. The van der Waals surface area contributed by atoms with E-state index in [1.54, 1.807) is 0 Å². The Labute approximate surface area is 186 Å². The average molecular weight is 433 g/mol. The molecule has 3 aromatic rings. The van der Waals surface area contributed by atoms with Crippen LogP contribution < -0.4 is 15.9 Å². The summed E-state index contributed by atoms with van der Waals surface area (Å²) in [6, 6.07) is 21.6. The maximum atomic E-state index is 8.42. The molecule has 0 heterocycles. The molecular weight excluding hydrogens is 403 g/mol. The molecule has 3 aromatic carbocycles. The van der Waals surface area contributed by atoms with Crippen LogP contribution in [0.4, 0.5) is 0 Å². The fourth-order valence-electron chi connectivity index (χ4n) is 5.22. The van der Waals surface area contributed by atoms with E-state index in [9.17, 15) is 0 Å². The first-order chi connectivity index (χ1) is 14.3. The first-order valence-electron chi connectivity index (χ1n) is 10.6. The average Bonchev–Trinajstić information content (AvgIpc) is 3.34. The summed E-state index contributed by atoms with van der Waals surface area (Å²) in [6.07, 6.45) is 8.90. The first kappa shape index (κ1) is 21.1. The Kier molecular flexibility index (Phi) is 5.29. The van der Waals surface area contributed by atoms with Crippen molar-refractivity contribution in [2.24, 2.45) is 0 Å². The predicted molar refractivity (Wildman–Crippen MR) is 137 cm³/mol. The van der Waals surface area contributed by atoms with Crippen LogP contribution in [0.25, 0.3) is 0 Å². The van der Waals surface area contributed by atoms with Crippen LogP contribution in [0.1, 0.15) is 27.8 Å². The Bertz CT molecular complexity index is 1080. The predicted octanol–water partition coefficient (Wildman–Crippen LogP) is 6.71. The van der Waals surface area contributed by atoms with Gasteiger partial charge in [-0.2, -0.15) is 0 Å². The standard InChI is InChI=1S/C28H30ClP/c1-20-21(2)23(4)28(24(5)22(20)3)30(29,27-18-12-13-19-27,25-14-8-6-9-15-25)26-16-10-7-11-17-26/h6-19,27H,1-5H3. The summed E-state index contributed by atoms with van der Waals surface area (Å²) in [6.45, 7) is 11.3. The summed E-state index contributed by atoms with van der Waals surface area (Å²) in [7, 11) is 0. The van der Waals surface area contributed by atoms with Crippen LogP contribution in [0.3, 0.4) is 0 Å². The molecule has 30 heavy (non-hydrogen) atoms. The third-order valence-electron chi connectivity index (χ3n) is 7.21. The quantitative estimate of drug-likeness (QED) is 0.402. The van der Waals surface area contributed by atoms with E-state index in [2.05, 4.69) is 120 Å². The van der Waals surface area contributed by atoms with E-state index < -0.39 is 5.96 Å². The van der Waals surface area contributed by atoms with Crippen molar-refractivity contribution in [3.63, 3.8) is 0 Å².